The van der Waals surface area contributed by atoms with Gasteiger partial charge in [-0.1, -0.05) is 44.7 Å². The van der Waals surface area contributed by atoms with E-state index in [1.54, 1.807) is 7.11 Å². The molecular weight excluding hydrogens is 240 g/mol. The van der Waals surface area contributed by atoms with Crippen molar-refractivity contribution in [3.05, 3.63) is 29.8 Å². The lowest BCUT2D eigenvalue weighted by atomic mass is 10.1. The number of ether oxygens (including phenoxy) is 2. The highest BCUT2D eigenvalue weighted by Gasteiger charge is 2.03. The zero-order valence-electron chi connectivity index (χ0n) is 12.0. The number of methoxy groups -OCH3 is 1. The molecule has 19 heavy (non-hydrogen) atoms. The second-order valence-corrected chi connectivity index (χ2v) is 4.67. The minimum absolute atomic E-state index is 0.104. The summed E-state index contributed by atoms with van der Waals surface area (Å²) in [5, 5.41) is 0. The molecule has 0 aliphatic carbocycles. The molecule has 1 aromatic carbocycles. The number of hydrogen-bond acceptors (Lipinski definition) is 3. The van der Waals surface area contributed by atoms with Gasteiger partial charge in [0.2, 0.25) is 0 Å². The Labute approximate surface area is 115 Å². The predicted octanol–water partition coefficient (Wildman–Crippen LogP) is 4.10. The minimum Gasteiger partial charge on any atom is -0.497 e. The van der Waals surface area contributed by atoms with Crippen molar-refractivity contribution < 1.29 is 14.3 Å². The molecule has 0 radical (unpaired) electrons. The predicted molar refractivity (Wildman–Crippen MR) is 76.2 cm³/mol. The first kappa shape index (κ1) is 15.5. The van der Waals surface area contributed by atoms with Gasteiger partial charge in [-0.15, -0.1) is 0 Å². The molecule has 0 fully saturated rings. The fourth-order valence-corrected chi connectivity index (χ4v) is 1.83. The molecule has 0 amide bonds. The Morgan fingerprint density at radius 2 is 1.74 bits per heavy atom. The van der Waals surface area contributed by atoms with E-state index in [0.717, 1.165) is 24.2 Å². The van der Waals surface area contributed by atoms with Gasteiger partial charge < -0.3 is 9.47 Å². The van der Waals surface area contributed by atoms with E-state index in [0.29, 0.717) is 13.0 Å². The van der Waals surface area contributed by atoms with Crippen molar-refractivity contribution in [2.24, 2.45) is 0 Å². The maximum Gasteiger partial charge on any atom is 0.306 e. The maximum absolute atomic E-state index is 11.5. The number of hydrogen-bond donors (Lipinski definition) is 0. The van der Waals surface area contributed by atoms with E-state index in [2.05, 4.69) is 6.92 Å². The van der Waals surface area contributed by atoms with Gasteiger partial charge in [0.15, 0.2) is 0 Å². The molecule has 0 bridgehead atoms. The second kappa shape index (κ2) is 9.42. The quantitative estimate of drug-likeness (QED) is 0.497. The van der Waals surface area contributed by atoms with Crippen LogP contribution in [0.3, 0.4) is 0 Å². The van der Waals surface area contributed by atoms with Crippen LogP contribution in [0.5, 0.6) is 5.75 Å². The summed E-state index contributed by atoms with van der Waals surface area (Å²) in [6.07, 6.45) is 6.26. The van der Waals surface area contributed by atoms with Crippen molar-refractivity contribution in [1.82, 2.24) is 0 Å². The highest BCUT2D eigenvalue weighted by atomic mass is 16.5. The summed E-state index contributed by atoms with van der Waals surface area (Å²) >= 11 is 0. The zero-order chi connectivity index (χ0) is 13.9. The van der Waals surface area contributed by atoms with Crippen LogP contribution in [0.25, 0.3) is 0 Å². The van der Waals surface area contributed by atoms with Gasteiger partial charge in [0.1, 0.15) is 12.4 Å². The van der Waals surface area contributed by atoms with Gasteiger partial charge in [-0.2, -0.15) is 0 Å². The highest BCUT2D eigenvalue weighted by Crippen LogP contribution is 2.12. The van der Waals surface area contributed by atoms with E-state index < -0.39 is 0 Å². The van der Waals surface area contributed by atoms with Crippen molar-refractivity contribution in [3.63, 3.8) is 0 Å². The van der Waals surface area contributed by atoms with Crippen LogP contribution >= 0.6 is 0 Å². The Morgan fingerprint density at radius 1 is 1.05 bits per heavy atom. The van der Waals surface area contributed by atoms with Gasteiger partial charge in [0.05, 0.1) is 7.11 Å². The zero-order valence-corrected chi connectivity index (χ0v) is 12.0. The van der Waals surface area contributed by atoms with Crippen LogP contribution in [-0.4, -0.2) is 13.1 Å². The lowest BCUT2D eigenvalue weighted by Gasteiger charge is -2.06. The van der Waals surface area contributed by atoms with Crippen LogP contribution < -0.4 is 4.74 Å². The SMILES string of the molecule is CCCCCCCC(=O)OCc1ccc(OC)cc1. The lowest BCUT2D eigenvalue weighted by Crippen LogP contribution is -2.04. The molecular formula is C16H24O3. The Kier molecular flexibility index (Phi) is 7.71. The lowest BCUT2D eigenvalue weighted by molar-refractivity contribution is -0.145. The fraction of sp³-hybridized carbons (Fsp3) is 0.562. The van der Waals surface area contributed by atoms with Crippen LogP contribution in [0.4, 0.5) is 0 Å². The monoisotopic (exact) mass is 264 g/mol. The molecule has 3 nitrogen and oxygen atoms in total. The molecule has 0 unspecified atom stereocenters. The van der Waals surface area contributed by atoms with E-state index in [4.69, 9.17) is 9.47 Å². The average molecular weight is 264 g/mol. The molecule has 0 aliphatic rings. The van der Waals surface area contributed by atoms with Crippen LogP contribution in [0.2, 0.25) is 0 Å². The van der Waals surface area contributed by atoms with E-state index in [9.17, 15) is 4.79 Å². The maximum atomic E-state index is 11.5. The third kappa shape index (κ3) is 6.85. The molecule has 0 aliphatic heterocycles. The molecule has 0 aromatic heterocycles. The number of benzene rings is 1. The molecule has 0 saturated heterocycles. The number of unbranched alkanes of at least 4 members (excludes halogenated alkanes) is 4. The van der Waals surface area contributed by atoms with Gasteiger partial charge >= 0.3 is 5.97 Å². The summed E-state index contributed by atoms with van der Waals surface area (Å²) < 4.78 is 10.3. The smallest absolute Gasteiger partial charge is 0.306 e. The Balaban J connectivity index is 2.15. The Morgan fingerprint density at radius 3 is 2.37 bits per heavy atom. The normalized spacial score (nSPS) is 10.2. The van der Waals surface area contributed by atoms with Gasteiger partial charge in [-0.3, -0.25) is 4.79 Å². The molecule has 1 aromatic rings. The first-order valence-corrected chi connectivity index (χ1v) is 7.04. The highest BCUT2D eigenvalue weighted by molar-refractivity contribution is 5.69. The van der Waals surface area contributed by atoms with Crippen molar-refractivity contribution >= 4 is 5.97 Å². The molecule has 0 saturated carbocycles. The van der Waals surface area contributed by atoms with Crippen LogP contribution in [0, 0.1) is 0 Å². The van der Waals surface area contributed by atoms with Crippen molar-refractivity contribution in [2.75, 3.05) is 7.11 Å². The number of carbonyl (C=O) groups excluding carboxylic acids is 1. The van der Waals surface area contributed by atoms with E-state index in [1.165, 1.54) is 19.3 Å². The molecule has 3 heteroatoms. The summed E-state index contributed by atoms with van der Waals surface area (Å²) in [6, 6.07) is 7.56. The summed E-state index contributed by atoms with van der Waals surface area (Å²) in [7, 11) is 1.63. The Bertz CT molecular complexity index is 357. The molecule has 0 spiro atoms. The van der Waals surface area contributed by atoms with E-state index in [1.807, 2.05) is 24.3 Å². The van der Waals surface area contributed by atoms with E-state index in [-0.39, 0.29) is 5.97 Å². The molecule has 1 rings (SSSR count). The largest absolute Gasteiger partial charge is 0.497 e. The topological polar surface area (TPSA) is 35.5 Å². The Hall–Kier alpha value is -1.51. The van der Waals surface area contributed by atoms with Crippen molar-refractivity contribution in [1.29, 1.82) is 0 Å². The first-order valence-electron chi connectivity index (χ1n) is 7.04. The van der Waals surface area contributed by atoms with Crippen molar-refractivity contribution in [3.8, 4) is 5.75 Å². The van der Waals surface area contributed by atoms with Gasteiger partial charge in [0.25, 0.3) is 0 Å². The van der Waals surface area contributed by atoms with Crippen LogP contribution in [-0.2, 0) is 16.1 Å². The standard InChI is InChI=1S/C16H24O3/c1-3-4-5-6-7-8-16(17)19-13-14-9-11-15(18-2)12-10-14/h9-12H,3-8,13H2,1-2H3. The molecule has 0 N–H and O–H groups in total. The summed E-state index contributed by atoms with van der Waals surface area (Å²) in [4.78, 5) is 11.5. The van der Waals surface area contributed by atoms with Gasteiger partial charge in [-0.25, -0.2) is 0 Å². The number of carbonyl (C=O) groups is 1. The first-order chi connectivity index (χ1) is 9.26. The number of esters is 1. The summed E-state index contributed by atoms with van der Waals surface area (Å²) in [6.45, 7) is 2.53. The third-order valence-corrected chi connectivity index (χ3v) is 3.04. The van der Waals surface area contributed by atoms with E-state index >= 15 is 0 Å². The van der Waals surface area contributed by atoms with Gasteiger partial charge in [0, 0.05) is 6.42 Å². The molecule has 106 valence electrons. The second-order valence-electron chi connectivity index (χ2n) is 4.67. The van der Waals surface area contributed by atoms with Gasteiger partial charge in [-0.05, 0) is 24.1 Å². The fourth-order valence-electron chi connectivity index (χ4n) is 1.83. The number of rotatable bonds is 9. The summed E-state index contributed by atoms with van der Waals surface area (Å²) in [5.74, 6) is 0.707. The molecule has 0 heterocycles. The minimum atomic E-state index is -0.104. The third-order valence-electron chi connectivity index (χ3n) is 3.04. The molecule has 0 atom stereocenters. The van der Waals surface area contributed by atoms with Crippen LogP contribution in [0.15, 0.2) is 24.3 Å². The van der Waals surface area contributed by atoms with Crippen molar-refractivity contribution in [2.45, 2.75) is 52.1 Å². The summed E-state index contributed by atoms with van der Waals surface area (Å²) in [5.41, 5.74) is 0.986. The average Bonchev–Trinajstić information content (AvgIpc) is 2.45. The van der Waals surface area contributed by atoms with Crippen LogP contribution in [0.1, 0.15) is 51.0 Å².